The van der Waals surface area contributed by atoms with Gasteiger partial charge in [0, 0.05) is 60.5 Å². The van der Waals surface area contributed by atoms with Crippen molar-refractivity contribution in [2.24, 2.45) is 0 Å². The summed E-state index contributed by atoms with van der Waals surface area (Å²) in [6, 6.07) is 15.7. The molecule has 0 saturated carbocycles. The van der Waals surface area contributed by atoms with Gasteiger partial charge in [0.05, 0.1) is 24.6 Å². The van der Waals surface area contributed by atoms with Crippen LogP contribution >= 0.6 is 0 Å². The first-order chi connectivity index (χ1) is 22.6. The minimum atomic E-state index is -2.11. The minimum Gasteiger partial charge on any atom is -0.497 e. The van der Waals surface area contributed by atoms with Crippen LogP contribution in [-0.4, -0.2) is 62.1 Å². The summed E-state index contributed by atoms with van der Waals surface area (Å²) in [5.41, 5.74) is 4.88. The van der Waals surface area contributed by atoms with Gasteiger partial charge in [-0.25, -0.2) is 4.98 Å². The van der Waals surface area contributed by atoms with Gasteiger partial charge in [-0.3, -0.25) is 9.36 Å². The lowest BCUT2D eigenvalue weighted by Crippen LogP contribution is -2.45. The molecule has 0 atom stereocenters. The topological polar surface area (TPSA) is 63.2 Å². The zero-order valence-electron chi connectivity index (χ0n) is 32.4. The molecule has 264 valence electrons. The second-order valence-corrected chi connectivity index (χ2v) is 33.7. The number of aromatic nitrogens is 4. The van der Waals surface area contributed by atoms with Crippen LogP contribution in [0.1, 0.15) is 57.7 Å². The Bertz CT molecular complexity index is 2000. The summed E-state index contributed by atoms with van der Waals surface area (Å²) in [6.07, 6.45) is 6.27. The average Bonchev–Trinajstić information content (AvgIpc) is 3.70. The van der Waals surface area contributed by atoms with Crippen molar-refractivity contribution in [3.05, 3.63) is 72.4 Å². The van der Waals surface area contributed by atoms with Crippen molar-refractivity contribution in [3.8, 4) is 17.0 Å². The summed E-state index contributed by atoms with van der Waals surface area (Å²) in [7, 11) is -3.71. The number of imidazole rings is 1. The van der Waals surface area contributed by atoms with E-state index in [0.717, 1.165) is 39.3 Å². The molecule has 2 aromatic carbocycles. The molecule has 0 aliphatic heterocycles. The number of methoxy groups -OCH3 is 1. The fourth-order valence-corrected chi connectivity index (χ4v) is 10.8. The van der Waals surface area contributed by atoms with Gasteiger partial charge in [-0.1, -0.05) is 106 Å². The normalized spacial score (nSPS) is 13.5. The highest BCUT2D eigenvalue weighted by Crippen LogP contribution is 2.43. The third-order valence-corrected chi connectivity index (χ3v) is 23.6. The van der Waals surface area contributed by atoms with Crippen LogP contribution < -0.4 is 4.74 Å². The molecule has 5 aromatic rings. The van der Waals surface area contributed by atoms with Crippen LogP contribution in [0.5, 0.6) is 5.75 Å². The van der Waals surface area contributed by atoms with Crippen LogP contribution in [0.3, 0.4) is 0 Å². The lowest BCUT2D eigenvalue weighted by Gasteiger charge is -2.38. The minimum absolute atomic E-state index is 0.0521. The van der Waals surface area contributed by atoms with Crippen molar-refractivity contribution in [1.82, 2.24) is 18.0 Å². The molecule has 49 heavy (non-hydrogen) atoms. The maximum absolute atomic E-state index is 14.9. The number of carbonyl (C=O) groups is 1. The third kappa shape index (κ3) is 6.81. The molecule has 3 heterocycles. The number of ketones is 1. The van der Waals surface area contributed by atoms with Gasteiger partial charge < -0.3 is 17.9 Å². The molecule has 0 amide bonds. The number of para-hydroxylation sites is 1. The Hall–Kier alpha value is -3.19. The Labute approximate surface area is 296 Å². The van der Waals surface area contributed by atoms with E-state index in [1.54, 1.807) is 7.11 Å². The predicted octanol–water partition coefficient (Wildman–Crippen LogP) is 10.7. The molecule has 0 bridgehead atoms. The summed E-state index contributed by atoms with van der Waals surface area (Å²) in [5, 5.41) is 2.27. The van der Waals surface area contributed by atoms with Crippen molar-refractivity contribution in [2.45, 2.75) is 110 Å². The molecular weight excluding hydrogens is 657 g/mol. The van der Waals surface area contributed by atoms with E-state index in [4.69, 9.17) is 14.5 Å². The first-order valence-corrected chi connectivity index (χ1v) is 27.2. The Morgan fingerprint density at radius 3 is 2.00 bits per heavy atom. The van der Waals surface area contributed by atoms with E-state index in [1.807, 2.05) is 22.9 Å². The van der Waals surface area contributed by atoms with E-state index in [1.165, 1.54) is 5.52 Å². The standard InChI is InChI=1S/C39H58N4O3Si3/c1-38(2,3)48(11,12)42-25-31(29-17-15-16-18-33(29)42)35-24-40-37(41(35)27-46-21-22-47(8,9)10)36(44)32-26-43(49(13,14)39(4,5)6)34-23-28(45-7)19-20-30(32)34/h15-20,23-26H,21-22,27H2,1-14H3. The molecule has 5 rings (SSSR count). The van der Waals surface area contributed by atoms with Gasteiger partial charge in [-0.05, 0) is 34.3 Å². The van der Waals surface area contributed by atoms with Crippen molar-refractivity contribution in [2.75, 3.05) is 13.7 Å². The Kier molecular flexibility index (Phi) is 9.72. The fraction of sp³-hybridized carbons (Fsp3) is 0.487. The lowest BCUT2D eigenvalue weighted by molar-refractivity contribution is 0.0821. The smallest absolute Gasteiger partial charge is 0.230 e. The second-order valence-electron chi connectivity index (χ2n) is 17.9. The highest BCUT2D eigenvalue weighted by Gasteiger charge is 2.41. The Morgan fingerprint density at radius 2 is 1.41 bits per heavy atom. The molecule has 0 aliphatic carbocycles. The van der Waals surface area contributed by atoms with Gasteiger partial charge in [0.1, 0.15) is 12.5 Å². The second kappa shape index (κ2) is 12.9. The van der Waals surface area contributed by atoms with Crippen molar-refractivity contribution < 1.29 is 14.3 Å². The molecule has 10 heteroatoms. The Morgan fingerprint density at radius 1 is 0.796 bits per heavy atom. The molecule has 0 N–H and O–H groups in total. The van der Waals surface area contributed by atoms with Crippen LogP contribution in [0, 0.1) is 0 Å². The van der Waals surface area contributed by atoms with Gasteiger partial charge in [-0.15, -0.1) is 0 Å². The number of hydrogen-bond donors (Lipinski definition) is 0. The maximum atomic E-state index is 14.9. The Balaban J connectivity index is 1.71. The summed E-state index contributed by atoms with van der Waals surface area (Å²) < 4.78 is 19.0. The van der Waals surface area contributed by atoms with Gasteiger partial charge in [0.25, 0.3) is 0 Å². The molecule has 0 spiro atoms. The van der Waals surface area contributed by atoms with Gasteiger partial charge in [-0.2, -0.15) is 0 Å². The monoisotopic (exact) mass is 714 g/mol. The summed E-state index contributed by atoms with van der Waals surface area (Å²) in [4.78, 5) is 19.8. The fourth-order valence-electron chi connectivity index (χ4n) is 6.10. The van der Waals surface area contributed by atoms with E-state index < -0.39 is 24.5 Å². The highest BCUT2D eigenvalue weighted by atomic mass is 28.3. The summed E-state index contributed by atoms with van der Waals surface area (Å²) >= 11 is 0. The number of rotatable bonds is 11. The lowest BCUT2D eigenvalue weighted by atomic mass is 10.1. The molecule has 0 saturated heterocycles. The first kappa shape index (κ1) is 37.1. The molecule has 3 aromatic heterocycles. The van der Waals surface area contributed by atoms with Crippen LogP contribution in [0.25, 0.3) is 33.1 Å². The van der Waals surface area contributed by atoms with E-state index >= 15 is 0 Å². The van der Waals surface area contributed by atoms with Gasteiger partial charge >= 0.3 is 0 Å². The van der Waals surface area contributed by atoms with E-state index in [-0.39, 0.29) is 22.6 Å². The van der Waals surface area contributed by atoms with E-state index in [0.29, 0.717) is 18.0 Å². The molecule has 0 radical (unpaired) electrons. The quantitative estimate of drug-likeness (QED) is 0.0776. The molecule has 0 aliphatic rings. The highest BCUT2D eigenvalue weighted by molar-refractivity contribution is 6.80. The number of hydrogen-bond acceptors (Lipinski definition) is 4. The molecule has 0 unspecified atom stereocenters. The number of benzene rings is 2. The largest absolute Gasteiger partial charge is 0.497 e. The van der Waals surface area contributed by atoms with Crippen LogP contribution in [0.15, 0.2) is 61.1 Å². The van der Waals surface area contributed by atoms with Gasteiger partial charge in [0.15, 0.2) is 22.3 Å². The van der Waals surface area contributed by atoms with Crippen LogP contribution in [0.2, 0.25) is 61.9 Å². The molecule has 0 fully saturated rings. The number of fused-ring (bicyclic) bond motifs is 2. The van der Waals surface area contributed by atoms with Crippen LogP contribution in [-0.2, 0) is 11.5 Å². The summed E-state index contributed by atoms with van der Waals surface area (Å²) in [5.74, 6) is 1.08. The third-order valence-electron chi connectivity index (χ3n) is 11.4. The average molecular weight is 715 g/mol. The van der Waals surface area contributed by atoms with Crippen molar-refractivity contribution in [3.63, 3.8) is 0 Å². The predicted molar refractivity (Wildman–Crippen MR) is 214 cm³/mol. The van der Waals surface area contributed by atoms with Crippen molar-refractivity contribution >= 4 is 52.1 Å². The first-order valence-electron chi connectivity index (χ1n) is 17.6. The summed E-state index contributed by atoms with van der Waals surface area (Å²) in [6.45, 7) is 31.5. The van der Waals surface area contributed by atoms with Crippen LogP contribution in [0.4, 0.5) is 0 Å². The van der Waals surface area contributed by atoms with Crippen molar-refractivity contribution in [1.29, 1.82) is 0 Å². The SMILES string of the molecule is COc1ccc2c(C(=O)c3ncc(-c4cn([Si](C)(C)C(C)(C)C)c5ccccc45)n3COCC[Si](C)(C)C)cn([Si](C)(C)C(C)(C)C)c2c1. The maximum Gasteiger partial charge on any atom is 0.230 e. The number of ether oxygens (including phenoxy) is 2. The van der Waals surface area contributed by atoms with E-state index in [2.05, 4.69) is 139 Å². The molecular formula is C39H58N4O3Si3. The van der Waals surface area contributed by atoms with E-state index in [9.17, 15) is 4.79 Å². The zero-order valence-corrected chi connectivity index (χ0v) is 35.4. The number of nitrogens with zero attached hydrogens (tertiary/aromatic N) is 4. The zero-order chi connectivity index (χ0) is 36.3. The molecule has 7 nitrogen and oxygen atoms in total. The van der Waals surface area contributed by atoms with Gasteiger partial charge in [0.2, 0.25) is 5.78 Å². The number of carbonyl (C=O) groups excluding carboxylic acids is 1.